The number of aryl methyl sites for hydroxylation is 1. The van der Waals surface area contributed by atoms with Gasteiger partial charge in [0, 0.05) is 38.0 Å². The molecule has 2 aliphatic rings. The number of likely N-dealkylation sites (tertiary alicyclic amines) is 1. The zero-order valence-corrected chi connectivity index (χ0v) is 13.4. The van der Waals surface area contributed by atoms with E-state index in [-0.39, 0.29) is 6.10 Å². The average molecular weight is 309 g/mol. The quantitative estimate of drug-likeness (QED) is 0.818. The van der Waals surface area contributed by atoms with Crippen molar-refractivity contribution in [3.05, 3.63) is 18.0 Å². The molecule has 3 atom stereocenters. The molecule has 2 fully saturated rings. The molecule has 2 saturated heterocycles. The number of aromatic nitrogens is 2. The lowest BCUT2D eigenvalue weighted by atomic mass is 10.1. The molecule has 124 valence electrons. The monoisotopic (exact) mass is 309 g/mol. The molecule has 22 heavy (non-hydrogen) atoms. The second-order valence-electron chi connectivity index (χ2n) is 6.43. The molecule has 6 heteroatoms. The Labute approximate surface area is 132 Å². The second kappa shape index (κ2) is 7.55. The largest absolute Gasteiger partial charge is 0.389 e. The maximum atomic E-state index is 10.2. The molecule has 0 aliphatic carbocycles. The number of ether oxygens (including phenoxy) is 2. The van der Waals surface area contributed by atoms with Gasteiger partial charge in [-0.2, -0.15) is 5.10 Å². The Bertz CT molecular complexity index is 459. The Balaban J connectivity index is 1.42. The van der Waals surface area contributed by atoms with Crippen molar-refractivity contribution >= 4 is 0 Å². The summed E-state index contributed by atoms with van der Waals surface area (Å²) in [5, 5.41) is 14.5. The first-order chi connectivity index (χ1) is 10.7. The molecular formula is C16H27N3O3. The van der Waals surface area contributed by atoms with E-state index in [1.54, 1.807) is 0 Å². The van der Waals surface area contributed by atoms with Gasteiger partial charge in [0.25, 0.3) is 0 Å². The van der Waals surface area contributed by atoms with E-state index in [4.69, 9.17) is 9.47 Å². The molecular weight excluding hydrogens is 282 g/mol. The minimum Gasteiger partial charge on any atom is -0.389 e. The van der Waals surface area contributed by atoms with E-state index < -0.39 is 6.10 Å². The molecule has 1 aromatic heterocycles. The smallest absolute Gasteiger partial charge is 0.0900 e. The highest BCUT2D eigenvalue weighted by molar-refractivity contribution is 5.12. The first kappa shape index (κ1) is 15.9. The maximum Gasteiger partial charge on any atom is 0.0900 e. The van der Waals surface area contributed by atoms with Gasteiger partial charge in [0.2, 0.25) is 0 Å². The van der Waals surface area contributed by atoms with Crippen LogP contribution >= 0.6 is 0 Å². The summed E-state index contributed by atoms with van der Waals surface area (Å²) in [6, 6.07) is 0.376. The molecule has 2 aliphatic heterocycles. The first-order valence-corrected chi connectivity index (χ1v) is 8.32. The van der Waals surface area contributed by atoms with Crippen molar-refractivity contribution in [2.75, 3.05) is 32.9 Å². The fourth-order valence-corrected chi connectivity index (χ4v) is 3.47. The molecule has 0 radical (unpaired) electrons. The molecule has 1 aromatic rings. The topological polar surface area (TPSA) is 59.8 Å². The molecule has 1 N–H and O–H groups in total. The summed E-state index contributed by atoms with van der Waals surface area (Å²) in [4.78, 5) is 2.34. The molecule has 0 unspecified atom stereocenters. The molecule has 0 aromatic carbocycles. The number of nitrogens with zero attached hydrogens (tertiary/aromatic N) is 3. The molecule has 0 bridgehead atoms. The van der Waals surface area contributed by atoms with E-state index in [1.807, 2.05) is 17.9 Å². The summed E-state index contributed by atoms with van der Waals surface area (Å²) in [5.74, 6) is 0. The second-order valence-corrected chi connectivity index (χ2v) is 6.43. The lowest BCUT2D eigenvalue weighted by Gasteiger charge is -2.26. The molecule has 0 amide bonds. The Morgan fingerprint density at radius 1 is 1.45 bits per heavy atom. The standard InChI is InChI=1S/C16H27N3O3/c1-18-9-13(8-17-18)16-5-2-6-19(16)10-14(20)11-21-12-15-4-3-7-22-15/h8-9,14-16,20H,2-7,10-12H2,1H3/t14-,15+,16-/m0/s1. The maximum absolute atomic E-state index is 10.2. The normalized spacial score (nSPS) is 27.5. The van der Waals surface area contributed by atoms with E-state index in [0.717, 1.165) is 32.4 Å². The van der Waals surface area contributed by atoms with Crippen molar-refractivity contribution in [3.63, 3.8) is 0 Å². The van der Waals surface area contributed by atoms with Crippen LogP contribution < -0.4 is 0 Å². The lowest BCUT2D eigenvalue weighted by Crippen LogP contribution is -2.35. The molecule has 0 spiro atoms. The Morgan fingerprint density at radius 3 is 3.09 bits per heavy atom. The van der Waals surface area contributed by atoms with Crippen LogP contribution in [0.25, 0.3) is 0 Å². The average Bonchev–Trinajstić information content (AvgIpc) is 3.20. The van der Waals surface area contributed by atoms with Gasteiger partial charge in [-0.25, -0.2) is 0 Å². The van der Waals surface area contributed by atoms with Crippen LogP contribution in [0.3, 0.4) is 0 Å². The minimum atomic E-state index is -0.446. The SMILES string of the molecule is Cn1cc([C@@H]2CCCN2C[C@H](O)COC[C@H]2CCCO2)cn1. The Hall–Kier alpha value is -0.950. The fraction of sp³-hybridized carbons (Fsp3) is 0.812. The van der Waals surface area contributed by atoms with Gasteiger partial charge < -0.3 is 14.6 Å². The van der Waals surface area contributed by atoms with Crippen molar-refractivity contribution in [2.24, 2.45) is 7.05 Å². The molecule has 3 heterocycles. The van der Waals surface area contributed by atoms with Crippen LogP contribution in [0.5, 0.6) is 0 Å². The van der Waals surface area contributed by atoms with Crippen LogP contribution in [0, 0.1) is 0 Å². The Kier molecular flexibility index (Phi) is 5.46. The van der Waals surface area contributed by atoms with Gasteiger partial charge in [-0.05, 0) is 32.2 Å². The predicted molar refractivity (Wildman–Crippen MR) is 82.6 cm³/mol. The summed E-state index contributed by atoms with van der Waals surface area (Å²) in [6.07, 6.45) is 8.29. The van der Waals surface area contributed by atoms with E-state index in [9.17, 15) is 5.11 Å². The van der Waals surface area contributed by atoms with Gasteiger partial charge in [-0.1, -0.05) is 0 Å². The number of β-amino-alcohol motifs (C(OH)–C–C–N with tert-alkyl or cyclic N) is 1. The van der Waals surface area contributed by atoms with Crippen molar-refractivity contribution in [1.82, 2.24) is 14.7 Å². The first-order valence-electron chi connectivity index (χ1n) is 8.32. The summed E-state index contributed by atoms with van der Waals surface area (Å²) in [7, 11) is 1.94. The van der Waals surface area contributed by atoms with E-state index in [2.05, 4.69) is 16.2 Å². The third kappa shape index (κ3) is 4.07. The van der Waals surface area contributed by atoms with Crippen LogP contribution in [-0.2, 0) is 16.5 Å². The number of rotatable bonds is 7. The molecule has 3 rings (SSSR count). The summed E-state index contributed by atoms with van der Waals surface area (Å²) in [6.45, 7) is 3.52. The highest BCUT2D eigenvalue weighted by Gasteiger charge is 2.28. The third-order valence-corrected chi connectivity index (χ3v) is 4.56. The van der Waals surface area contributed by atoms with Crippen molar-refractivity contribution in [3.8, 4) is 0 Å². The van der Waals surface area contributed by atoms with Crippen molar-refractivity contribution in [2.45, 2.75) is 43.9 Å². The molecule has 6 nitrogen and oxygen atoms in total. The highest BCUT2D eigenvalue weighted by Crippen LogP contribution is 2.31. The lowest BCUT2D eigenvalue weighted by molar-refractivity contribution is -0.0261. The van der Waals surface area contributed by atoms with E-state index in [1.165, 1.54) is 12.0 Å². The van der Waals surface area contributed by atoms with Gasteiger partial charge in [-0.15, -0.1) is 0 Å². The number of hydrogen-bond acceptors (Lipinski definition) is 5. The van der Waals surface area contributed by atoms with Crippen LogP contribution in [0.1, 0.15) is 37.3 Å². The van der Waals surface area contributed by atoms with Gasteiger partial charge in [0.1, 0.15) is 0 Å². The van der Waals surface area contributed by atoms with Crippen LogP contribution in [0.15, 0.2) is 12.4 Å². The van der Waals surface area contributed by atoms with Gasteiger partial charge in [0.15, 0.2) is 0 Å². The summed E-state index contributed by atoms with van der Waals surface area (Å²) < 4.78 is 13.0. The fourth-order valence-electron chi connectivity index (χ4n) is 3.47. The number of aliphatic hydroxyl groups excluding tert-OH is 1. The Morgan fingerprint density at radius 2 is 2.36 bits per heavy atom. The van der Waals surface area contributed by atoms with Gasteiger partial charge in [-0.3, -0.25) is 9.58 Å². The van der Waals surface area contributed by atoms with E-state index in [0.29, 0.717) is 25.8 Å². The predicted octanol–water partition coefficient (Wildman–Crippen LogP) is 1.11. The summed E-state index contributed by atoms with van der Waals surface area (Å²) >= 11 is 0. The van der Waals surface area contributed by atoms with Crippen molar-refractivity contribution < 1.29 is 14.6 Å². The zero-order chi connectivity index (χ0) is 15.4. The van der Waals surface area contributed by atoms with Gasteiger partial charge in [0.05, 0.1) is 31.6 Å². The van der Waals surface area contributed by atoms with Crippen LogP contribution in [0.4, 0.5) is 0 Å². The van der Waals surface area contributed by atoms with Gasteiger partial charge >= 0.3 is 0 Å². The third-order valence-electron chi connectivity index (χ3n) is 4.56. The molecule has 0 saturated carbocycles. The highest BCUT2D eigenvalue weighted by atomic mass is 16.5. The van der Waals surface area contributed by atoms with Crippen LogP contribution in [0.2, 0.25) is 0 Å². The summed E-state index contributed by atoms with van der Waals surface area (Å²) in [5.41, 5.74) is 1.24. The number of aliphatic hydroxyl groups is 1. The van der Waals surface area contributed by atoms with E-state index >= 15 is 0 Å². The number of hydrogen-bond donors (Lipinski definition) is 1. The van der Waals surface area contributed by atoms with Crippen molar-refractivity contribution in [1.29, 1.82) is 0 Å². The zero-order valence-electron chi connectivity index (χ0n) is 13.4. The minimum absolute atomic E-state index is 0.224. The van der Waals surface area contributed by atoms with Crippen LogP contribution in [-0.4, -0.2) is 64.9 Å².